The molecule has 4 aliphatic rings. The average Bonchev–Trinajstić information content (AvgIpc) is 3.88. The lowest BCUT2D eigenvalue weighted by atomic mass is 9.80. The maximum atomic E-state index is 13.0. The van der Waals surface area contributed by atoms with Crippen molar-refractivity contribution in [1.82, 2.24) is 9.80 Å². The second kappa shape index (κ2) is 11.6. The number of furan rings is 2. The van der Waals surface area contributed by atoms with Crippen LogP contribution in [0.2, 0.25) is 0 Å². The number of carbonyl (C=O) groups is 2. The largest absolute Gasteiger partial charge is 0.469 e. The standard InChI is InChI=1S/C40H42N2O6/c1-25-21-27-11-17-41(3)37(39(13-14-39)33-7-5-19-45-33)29(27)23-31(25)47-35(43)9-10-36(44)48-32-24-30-28(22-26(32)2)12-18-42(4)38(30)40(15-16-40)34-8-6-20-46-34/h5-10,19-24,37-38H,11-18H2,1-4H3/b10-9-. The highest BCUT2D eigenvalue weighted by Gasteiger charge is 2.57. The van der Waals surface area contributed by atoms with Crippen molar-refractivity contribution in [3.8, 4) is 11.5 Å². The maximum absolute atomic E-state index is 13.0. The number of aryl methyl sites for hydroxylation is 2. The molecule has 248 valence electrons. The molecule has 2 aliphatic carbocycles. The van der Waals surface area contributed by atoms with Crippen molar-refractivity contribution in [3.63, 3.8) is 0 Å². The normalized spacial score (nSPS) is 22.6. The second-order valence-corrected chi connectivity index (χ2v) is 14.3. The summed E-state index contributed by atoms with van der Waals surface area (Å²) in [6.45, 7) is 5.81. The van der Waals surface area contributed by atoms with Crippen molar-refractivity contribution in [3.05, 3.63) is 118 Å². The fourth-order valence-electron chi connectivity index (χ4n) is 8.58. The number of hydrogen-bond donors (Lipinski definition) is 0. The number of fused-ring (bicyclic) bond motifs is 2. The Bertz CT molecular complexity index is 1760. The Morgan fingerprint density at radius 2 is 1.12 bits per heavy atom. The molecule has 2 aromatic carbocycles. The molecule has 2 atom stereocenters. The Morgan fingerprint density at radius 3 is 1.48 bits per heavy atom. The number of likely N-dealkylation sites (N-methyl/N-ethyl adjacent to an activating group) is 2. The van der Waals surface area contributed by atoms with E-state index in [-0.39, 0.29) is 22.9 Å². The van der Waals surface area contributed by atoms with Crippen LogP contribution in [0.5, 0.6) is 11.5 Å². The van der Waals surface area contributed by atoms with Gasteiger partial charge in [-0.3, -0.25) is 9.80 Å². The van der Waals surface area contributed by atoms with E-state index in [1.807, 2.05) is 38.1 Å². The number of carbonyl (C=O) groups excluding carboxylic acids is 2. The molecule has 4 aromatic rings. The van der Waals surface area contributed by atoms with Crippen LogP contribution in [0.4, 0.5) is 0 Å². The molecule has 0 spiro atoms. The van der Waals surface area contributed by atoms with Gasteiger partial charge in [-0.05, 0) is 136 Å². The third-order valence-corrected chi connectivity index (χ3v) is 11.2. The Labute approximate surface area is 281 Å². The van der Waals surface area contributed by atoms with Crippen LogP contribution >= 0.6 is 0 Å². The molecule has 2 saturated carbocycles. The third kappa shape index (κ3) is 5.22. The van der Waals surface area contributed by atoms with E-state index < -0.39 is 11.9 Å². The van der Waals surface area contributed by atoms with Gasteiger partial charge in [-0.15, -0.1) is 0 Å². The molecular weight excluding hydrogens is 604 g/mol. The first-order valence-electron chi connectivity index (χ1n) is 17.1. The molecule has 4 heterocycles. The molecule has 2 aromatic heterocycles. The van der Waals surface area contributed by atoms with Gasteiger partial charge < -0.3 is 18.3 Å². The second-order valence-electron chi connectivity index (χ2n) is 14.3. The van der Waals surface area contributed by atoms with Gasteiger partial charge in [0.2, 0.25) is 0 Å². The van der Waals surface area contributed by atoms with Gasteiger partial charge in [0.15, 0.2) is 0 Å². The van der Waals surface area contributed by atoms with Crippen LogP contribution in [-0.2, 0) is 33.3 Å². The summed E-state index contributed by atoms with van der Waals surface area (Å²) in [7, 11) is 4.31. The van der Waals surface area contributed by atoms with Gasteiger partial charge in [-0.2, -0.15) is 0 Å². The summed E-state index contributed by atoms with van der Waals surface area (Å²) >= 11 is 0. The molecule has 2 aliphatic heterocycles. The van der Waals surface area contributed by atoms with Crippen LogP contribution < -0.4 is 9.47 Å². The predicted molar refractivity (Wildman–Crippen MR) is 180 cm³/mol. The number of benzene rings is 2. The number of hydrogen-bond acceptors (Lipinski definition) is 8. The van der Waals surface area contributed by atoms with E-state index in [0.717, 1.165) is 86.4 Å². The molecule has 0 bridgehead atoms. The van der Waals surface area contributed by atoms with Crippen molar-refractivity contribution >= 4 is 11.9 Å². The summed E-state index contributed by atoms with van der Waals surface area (Å²) in [5.41, 5.74) is 6.51. The summed E-state index contributed by atoms with van der Waals surface area (Å²) in [5, 5.41) is 0. The van der Waals surface area contributed by atoms with Crippen molar-refractivity contribution in [2.24, 2.45) is 0 Å². The van der Waals surface area contributed by atoms with E-state index in [9.17, 15) is 9.59 Å². The zero-order valence-electron chi connectivity index (χ0n) is 28.1. The lowest BCUT2D eigenvalue weighted by molar-refractivity contribution is -0.131. The van der Waals surface area contributed by atoms with Gasteiger partial charge in [0.1, 0.15) is 23.0 Å². The number of esters is 2. The summed E-state index contributed by atoms with van der Waals surface area (Å²) < 4.78 is 23.5. The lowest BCUT2D eigenvalue weighted by Crippen LogP contribution is -2.39. The van der Waals surface area contributed by atoms with Crippen LogP contribution in [0.3, 0.4) is 0 Å². The van der Waals surface area contributed by atoms with E-state index in [0.29, 0.717) is 11.5 Å². The van der Waals surface area contributed by atoms with Crippen LogP contribution in [0, 0.1) is 13.8 Å². The Balaban J connectivity index is 0.990. The average molecular weight is 647 g/mol. The molecule has 0 amide bonds. The Kier molecular flexibility index (Phi) is 7.49. The fraction of sp³-hybridized carbons (Fsp3) is 0.400. The lowest BCUT2D eigenvalue weighted by Gasteiger charge is -2.39. The quantitative estimate of drug-likeness (QED) is 0.114. The zero-order chi connectivity index (χ0) is 33.2. The number of rotatable bonds is 8. The van der Waals surface area contributed by atoms with Crippen LogP contribution in [0.15, 0.2) is 82.0 Å². The first-order chi connectivity index (χ1) is 23.2. The van der Waals surface area contributed by atoms with Crippen molar-refractivity contribution in [2.75, 3.05) is 27.2 Å². The summed E-state index contributed by atoms with van der Waals surface area (Å²) in [4.78, 5) is 30.9. The maximum Gasteiger partial charge on any atom is 0.336 e. The summed E-state index contributed by atoms with van der Waals surface area (Å²) in [6.07, 6.45) is 11.8. The molecule has 8 rings (SSSR count). The predicted octanol–water partition coefficient (Wildman–Crippen LogP) is 7.08. The Morgan fingerprint density at radius 1 is 0.708 bits per heavy atom. The summed E-state index contributed by atoms with van der Waals surface area (Å²) in [5.74, 6) is 1.77. The topological polar surface area (TPSA) is 85.4 Å². The molecule has 0 N–H and O–H groups in total. The highest BCUT2D eigenvalue weighted by molar-refractivity contribution is 5.93. The molecule has 48 heavy (non-hydrogen) atoms. The molecule has 8 heteroatoms. The van der Waals surface area contributed by atoms with E-state index in [1.165, 1.54) is 22.3 Å². The van der Waals surface area contributed by atoms with Gasteiger partial charge in [0.05, 0.1) is 12.5 Å². The van der Waals surface area contributed by atoms with Crippen molar-refractivity contribution < 1.29 is 27.9 Å². The molecule has 0 saturated heterocycles. The van der Waals surface area contributed by atoms with Gasteiger partial charge in [-0.25, -0.2) is 9.59 Å². The van der Waals surface area contributed by atoms with E-state index >= 15 is 0 Å². The molecular formula is C40H42N2O6. The zero-order valence-corrected chi connectivity index (χ0v) is 28.1. The first kappa shape index (κ1) is 30.9. The first-order valence-corrected chi connectivity index (χ1v) is 17.1. The van der Waals surface area contributed by atoms with Gasteiger partial charge in [0.25, 0.3) is 0 Å². The van der Waals surface area contributed by atoms with Gasteiger partial charge in [0, 0.05) is 48.2 Å². The van der Waals surface area contributed by atoms with E-state index in [4.69, 9.17) is 18.3 Å². The van der Waals surface area contributed by atoms with Crippen molar-refractivity contribution in [1.29, 1.82) is 0 Å². The van der Waals surface area contributed by atoms with Gasteiger partial charge >= 0.3 is 11.9 Å². The highest BCUT2D eigenvalue weighted by atomic mass is 16.5. The fourth-order valence-corrected chi connectivity index (χ4v) is 8.58. The molecule has 8 nitrogen and oxygen atoms in total. The molecule has 2 fully saturated rings. The minimum Gasteiger partial charge on any atom is -0.469 e. The SMILES string of the molecule is Cc1cc2c(cc1OC(=O)/C=C\C(=O)Oc1cc3c(cc1C)CCN(C)C3C1(c3ccco3)CC1)C(C1(c3ccco3)CC1)N(C)CC2. The van der Waals surface area contributed by atoms with E-state index in [2.05, 4.69) is 48.2 Å². The van der Waals surface area contributed by atoms with Crippen LogP contribution in [0.25, 0.3) is 0 Å². The monoisotopic (exact) mass is 646 g/mol. The van der Waals surface area contributed by atoms with Crippen molar-refractivity contribution in [2.45, 2.75) is 75.3 Å². The minimum atomic E-state index is -0.624. The van der Waals surface area contributed by atoms with E-state index in [1.54, 1.807) is 12.5 Å². The minimum absolute atomic E-state index is 0.0735. The third-order valence-electron chi connectivity index (χ3n) is 11.2. The molecule has 2 unspecified atom stereocenters. The Hall–Kier alpha value is -4.40. The van der Waals surface area contributed by atoms with Crippen LogP contribution in [-0.4, -0.2) is 48.9 Å². The highest BCUT2D eigenvalue weighted by Crippen LogP contribution is 2.61. The number of nitrogens with zero attached hydrogens (tertiary/aromatic N) is 2. The van der Waals surface area contributed by atoms with Crippen LogP contribution in [0.1, 0.15) is 82.7 Å². The smallest absolute Gasteiger partial charge is 0.336 e. The summed E-state index contributed by atoms with van der Waals surface area (Å²) in [6, 6.07) is 16.6. The molecule has 0 radical (unpaired) electrons. The van der Waals surface area contributed by atoms with Gasteiger partial charge in [-0.1, -0.05) is 12.1 Å². The number of ether oxygens (including phenoxy) is 2.